The second-order valence-electron chi connectivity index (χ2n) is 5.86. The molecule has 0 bridgehead atoms. The fraction of sp³-hybridized carbons (Fsp3) is 0.444. The lowest BCUT2D eigenvalue weighted by atomic mass is 9.90. The lowest BCUT2D eigenvalue weighted by molar-refractivity contribution is 0.437. The zero-order chi connectivity index (χ0) is 14.7. The molecule has 0 fully saturated rings. The first-order valence-electron chi connectivity index (χ1n) is 7.89. The maximum Gasteiger partial charge on any atom is 0.0485 e. The number of fused-ring (bicyclic) bond motifs is 1. The van der Waals surface area contributed by atoms with Crippen LogP contribution in [0.4, 0.5) is 0 Å². The van der Waals surface area contributed by atoms with Gasteiger partial charge >= 0.3 is 0 Å². The topological polar surface area (TPSA) is 37.8 Å². The summed E-state index contributed by atoms with van der Waals surface area (Å²) in [6, 6.07) is 8.95. The zero-order valence-electron chi connectivity index (χ0n) is 12.8. The van der Waals surface area contributed by atoms with Crippen molar-refractivity contribution in [2.45, 2.75) is 45.1 Å². The third kappa shape index (κ3) is 2.98. The third-order valence-corrected chi connectivity index (χ3v) is 4.30. The molecule has 0 amide bonds. The van der Waals surface area contributed by atoms with Crippen LogP contribution in [0.5, 0.6) is 0 Å². The van der Waals surface area contributed by atoms with Crippen molar-refractivity contribution in [3.05, 3.63) is 59.2 Å². The Labute approximate surface area is 126 Å². The summed E-state index contributed by atoms with van der Waals surface area (Å²) < 4.78 is 0. The van der Waals surface area contributed by atoms with E-state index in [0.29, 0.717) is 12.0 Å². The van der Waals surface area contributed by atoms with Crippen LogP contribution in [0.2, 0.25) is 0 Å². The lowest BCUT2D eigenvalue weighted by Crippen LogP contribution is -2.27. The molecule has 0 spiro atoms. The van der Waals surface area contributed by atoms with Gasteiger partial charge in [-0.05, 0) is 62.1 Å². The summed E-state index contributed by atoms with van der Waals surface area (Å²) in [7, 11) is 0. The Balaban J connectivity index is 1.93. The fourth-order valence-corrected chi connectivity index (χ4v) is 3.32. The number of pyridine rings is 2. The van der Waals surface area contributed by atoms with Crippen molar-refractivity contribution in [2.75, 3.05) is 6.54 Å². The third-order valence-electron chi connectivity index (χ3n) is 4.30. The van der Waals surface area contributed by atoms with Crippen LogP contribution in [-0.4, -0.2) is 16.5 Å². The Kier molecular flexibility index (Phi) is 4.30. The summed E-state index contributed by atoms with van der Waals surface area (Å²) in [5, 5.41) is 3.73. The molecule has 3 nitrogen and oxygen atoms in total. The van der Waals surface area contributed by atoms with Gasteiger partial charge in [0.25, 0.3) is 0 Å². The van der Waals surface area contributed by atoms with Crippen LogP contribution in [-0.2, 0) is 6.42 Å². The molecular formula is C18H23N3. The van der Waals surface area contributed by atoms with E-state index in [1.54, 1.807) is 0 Å². The Hall–Kier alpha value is -1.74. The van der Waals surface area contributed by atoms with Crippen LogP contribution in [0.1, 0.15) is 54.2 Å². The van der Waals surface area contributed by atoms with Crippen molar-refractivity contribution in [1.82, 2.24) is 15.3 Å². The Morgan fingerprint density at radius 3 is 3.00 bits per heavy atom. The fourth-order valence-electron chi connectivity index (χ4n) is 3.32. The van der Waals surface area contributed by atoms with Crippen molar-refractivity contribution >= 4 is 0 Å². The molecule has 2 atom stereocenters. The quantitative estimate of drug-likeness (QED) is 0.910. The van der Waals surface area contributed by atoms with Crippen LogP contribution in [0.3, 0.4) is 0 Å². The van der Waals surface area contributed by atoms with Gasteiger partial charge < -0.3 is 5.32 Å². The minimum Gasteiger partial charge on any atom is -0.309 e. The highest BCUT2D eigenvalue weighted by Crippen LogP contribution is 2.40. The van der Waals surface area contributed by atoms with E-state index in [1.165, 1.54) is 23.2 Å². The molecule has 0 aliphatic heterocycles. The monoisotopic (exact) mass is 281 g/mol. The second-order valence-corrected chi connectivity index (χ2v) is 5.86. The van der Waals surface area contributed by atoms with Crippen LogP contribution in [0.15, 0.2) is 36.7 Å². The van der Waals surface area contributed by atoms with Gasteiger partial charge in [0, 0.05) is 35.7 Å². The molecule has 0 radical (unpaired) electrons. The van der Waals surface area contributed by atoms with Gasteiger partial charge in [0.1, 0.15) is 0 Å². The largest absolute Gasteiger partial charge is 0.309 e. The maximum atomic E-state index is 4.66. The van der Waals surface area contributed by atoms with Crippen LogP contribution in [0, 0.1) is 6.92 Å². The molecule has 110 valence electrons. The Bertz CT molecular complexity index is 609. The maximum absolute atomic E-state index is 4.66. The van der Waals surface area contributed by atoms with Gasteiger partial charge in [-0.3, -0.25) is 9.97 Å². The molecule has 2 heterocycles. The number of aryl methyl sites for hydroxylation is 2. The van der Waals surface area contributed by atoms with E-state index in [0.717, 1.165) is 25.1 Å². The molecule has 1 aliphatic rings. The number of aromatic nitrogens is 2. The predicted molar refractivity (Wildman–Crippen MR) is 85.3 cm³/mol. The SMILES string of the molecule is CCCNC(c1ccnc(C)c1)C1CCc2cccnc21. The smallest absolute Gasteiger partial charge is 0.0485 e. The van der Waals surface area contributed by atoms with Crippen molar-refractivity contribution in [1.29, 1.82) is 0 Å². The van der Waals surface area contributed by atoms with Gasteiger partial charge in [-0.1, -0.05) is 13.0 Å². The van der Waals surface area contributed by atoms with E-state index in [4.69, 9.17) is 0 Å². The second kappa shape index (κ2) is 6.35. The van der Waals surface area contributed by atoms with E-state index in [1.807, 2.05) is 18.5 Å². The van der Waals surface area contributed by atoms with E-state index in [9.17, 15) is 0 Å². The highest BCUT2D eigenvalue weighted by atomic mass is 14.9. The van der Waals surface area contributed by atoms with Gasteiger partial charge in [-0.2, -0.15) is 0 Å². The number of rotatable bonds is 5. The Morgan fingerprint density at radius 2 is 2.19 bits per heavy atom. The lowest BCUT2D eigenvalue weighted by Gasteiger charge is -2.25. The van der Waals surface area contributed by atoms with E-state index < -0.39 is 0 Å². The molecule has 0 saturated heterocycles. The Morgan fingerprint density at radius 1 is 1.29 bits per heavy atom. The van der Waals surface area contributed by atoms with Gasteiger partial charge in [-0.25, -0.2) is 0 Å². The number of hydrogen-bond acceptors (Lipinski definition) is 3. The van der Waals surface area contributed by atoms with Crippen molar-refractivity contribution in [3.63, 3.8) is 0 Å². The molecular weight excluding hydrogens is 258 g/mol. The summed E-state index contributed by atoms with van der Waals surface area (Å²) in [6.45, 7) is 5.30. The molecule has 2 aromatic heterocycles. The first kappa shape index (κ1) is 14.2. The zero-order valence-corrected chi connectivity index (χ0v) is 12.8. The van der Waals surface area contributed by atoms with E-state index in [2.05, 4.69) is 47.3 Å². The van der Waals surface area contributed by atoms with Crippen LogP contribution in [0.25, 0.3) is 0 Å². The molecule has 21 heavy (non-hydrogen) atoms. The predicted octanol–water partition coefficient (Wildman–Crippen LogP) is 3.56. The molecule has 2 unspecified atom stereocenters. The van der Waals surface area contributed by atoms with Crippen LogP contribution < -0.4 is 5.32 Å². The summed E-state index contributed by atoms with van der Waals surface area (Å²) in [5.41, 5.74) is 5.10. The minimum absolute atomic E-state index is 0.336. The van der Waals surface area contributed by atoms with Crippen molar-refractivity contribution in [3.8, 4) is 0 Å². The van der Waals surface area contributed by atoms with E-state index in [-0.39, 0.29) is 0 Å². The van der Waals surface area contributed by atoms with Crippen molar-refractivity contribution in [2.24, 2.45) is 0 Å². The average molecular weight is 281 g/mol. The highest BCUT2D eigenvalue weighted by molar-refractivity contribution is 5.33. The summed E-state index contributed by atoms with van der Waals surface area (Å²) in [4.78, 5) is 8.99. The molecule has 1 N–H and O–H groups in total. The number of nitrogens with one attached hydrogen (secondary N) is 1. The molecule has 1 aliphatic carbocycles. The van der Waals surface area contributed by atoms with Crippen LogP contribution >= 0.6 is 0 Å². The average Bonchev–Trinajstić information content (AvgIpc) is 2.92. The molecule has 0 aromatic carbocycles. The van der Waals surface area contributed by atoms with Gasteiger partial charge in [0.2, 0.25) is 0 Å². The number of nitrogens with zero attached hydrogens (tertiary/aromatic N) is 2. The number of hydrogen-bond donors (Lipinski definition) is 1. The summed E-state index contributed by atoms with van der Waals surface area (Å²) >= 11 is 0. The van der Waals surface area contributed by atoms with Gasteiger partial charge in [-0.15, -0.1) is 0 Å². The first-order valence-corrected chi connectivity index (χ1v) is 7.89. The molecule has 0 saturated carbocycles. The van der Waals surface area contributed by atoms with Gasteiger partial charge in [0.05, 0.1) is 0 Å². The first-order chi connectivity index (χ1) is 10.3. The van der Waals surface area contributed by atoms with Crippen molar-refractivity contribution < 1.29 is 0 Å². The van der Waals surface area contributed by atoms with E-state index >= 15 is 0 Å². The highest BCUT2D eigenvalue weighted by Gasteiger charge is 2.31. The molecule has 3 rings (SSSR count). The summed E-state index contributed by atoms with van der Waals surface area (Å²) in [6.07, 6.45) is 7.30. The van der Waals surface area contributed by atoms with Gasteiger partial charge in [0.15, 0.2) is 0 Å². The standard InChI is InChI=1S/C18H23N3/c1-3-9-20-18(15-8-11-19-13(2)12-15)16-7-6-14-5-4-10-21-17(14)16/h4-5,8,10-12,16,18,20H,3,6-7,9H2,1-2H3. The molecule has 2 aromatic rings. The minimum atomic E-state index is 0.336. The molecule has 3 heteroatoms. The summed E-state index contributed by atoms with van der Waals surface area (Å²) in [5.74, 6) is 0.467. The normalized spacial score (nSPS) is 18.5.